The largest absolute Gasteiger partial charge is 0.335 e. The molecule has 0 aromatic carbocycles. The first kappa shape index (κ1) is 15.2. The number of urea groups is 1. The number of carbonyl (C=O) groups is 3. The van der Waals surface area contributed by atoms with Gasteiger partial charge in [-0.05, 0) is 26.7 Å². The molecule has 1 N–H and O–H groups in total. The number of amides is 4. The van der Waals surface area contributed by atoms with Gasteiger partial charge < -0.3 is 0 Å². The molecule has 7 nitrogen and oxygen atoms in total. The summed E-state index contributed by atoms with van der Waals surface area (Å²) in [6.07, 6.45) is 3.78. The number of anilines is 1. The van der Waals surface area contributed by atoms with Gasteiger partial charge in [-0.1, -0.05) is 13.8 Å². The van der Waals surface area contributed by atoms with E-state index >= 15 is 0 Å². The number of nitrogens with one attached hydrogen (secondary N) is 1. The molecule has 1 aromatic rings. The smallest absolute Gasteiger partial charge is 0.276 e. The van der Waals surface area contributed by atoms with Crippen LogP contribution in [0, 0.1) is 5.41 Å². The fraction of sp³-hybridized carbons (Fsp3) is 0.571. The second-order valence-corrected chi connectivity index (χ2v) is 5.46. The third-order valence-electron chi connectivity index (χ3n) is 4.05. The minimum absolute atomic E-state index is 0.116. The van der Waals surface area contributed by atoms with E-state index in [0.29, 0.717) is 18.5 Å². The van der Waals surface area contributed by atoms with E-state index in [1.807, 2.05) is 13.8 Å². The number of rotatable bonds is 4. The van der Waals surface area contributed by atoms with E-state index in [1.54, 1.807) is 24.7 Å². The second kappa shape index (κ2) is 5.31. The number of hydrogen-bond acceptors (Lipinski definition) is 4. The normalized spacial score (nSPS) is 18.3. The molecule has 0 unspecified atom stereocenters. The molecule has 0 saturated carbocycles. The maximum absolute atomic E-state index is 12.7. The highest BCUT2D eigenvalue weighted by molar-refractivity contribution is 6.29. The van der Waals surface area contributed by atoms with Crippen LogP contribution < -0.4 is 10.2 Å². The number of barbiturate groups is 1. The lowest BCUT2D eigenvalue weighted by atomic mass is 9.78. The van der Waals surface area contributed by atoms with Crippen molar-refractivity contribution in [3.8, 4) is 0 Å². The van der Waals surface area contributed by atoms with E-state index in [9.17, 15) is 14.4 Å². The van der Waals surface area contributed by atoms with Gasteiger partial charge in [0.25, 0.3) is 5.91 Å². The predicted molar refractivity (Wildman–Crippen MR) is 76.7 cm³/mol. The van der Waals surface area contributed by atoms with Crippen LogP contribution >= 0.6 is 0 Å². The molecule has 2 heterocycles. The zero-order valence-electron chi connectivity index (χ0n) is 12.7. The third-order valence-corrected chi connectivity index (χ3v) is 4.05. The van der Waals surface area contributed by atoms with Gasteiger partial charge in [0.15, 0.2) is 0 Å². The Morgan fingerprint density at radius 3 is 2.33 bits per heavy atom. The molecule has 1 fully saturated rings. The van der Waals surface area contributed by atoms with E-state index < -0.39 is 23.3 Å². The quantitative estimate of drug-likeness (QED) is 0.858. The number of nitrogens with zero attached hydrogens (tertiary/aromatic N) is 3. The van der Waals surface area contributed by atoms with Crippen molar-refractivity contribution >= 4 is 23.5 Å². The van der Waals surface area contributed by atoms with Crippen molar-refractivity contribution in [2.24, 2.45) is 5.41 Å². The summed E-state index contributed by atoms with van der Waals surface area (Å²) in [5, 5.41) is 6.42. The first-order chi connectivity index (χ1) is 9.87. The highest BCUT2D eigenvalue weighted by Gasteiger charge is 2.52. The van der Waals surface area contributed by atoms with Crippen molar-refractivity contribution in [1.82, 2.24) is 15.1 Å². The van der Waals surface area contributed by atoms with Crippen LogP contribution in [0.1, 0.15) is 46.6 Å². The van der Waals surface area contributed by atoms with Crippen molar-refractivity contribution in [1.29, 1.82) is 0 Å². The van der Waals surface area contributed by atoms with Gasteiger partial charge in [0.2, 0.25) is 5.91 Å². The minimum atomic E-state index is -1.19. The van der Waals surface area contributed by atoms with E-state index in [2.05, 4.69) is 10.4 Å². The van der Waals surface area contributed by atoms with Gasteiger partial charge >= 0.3 is 6.03 Å². The van der Waals surface area contributed by atoms with Gasteiger partial charge in [-0.3, -0.25) is 19.6 Å². The summed E-state index contributed by atoms with van der Waals surface area (Å²) in [6, 6.07) is -0.601. The average Bonchev–Trinajstić information content (AvgIpc) is 2.89. The highest BCUT2D eigenvalue weighted by Crippen LogP contribution is 2.34. The Hall–Kier alpha value is -2.18. The van der Waals surface area contributed by atoms with E-state index in [4.69, 9.17) is 0 Å². The fourth-order valence-corrected chi connectivity index (χ4v) is 2.51. The molecule has 1 saturated heterocycles. The van der Waals surface area contributed by atoms with Crippen molar-refractivity contribution in [2.45, 2.75) is 46.6 Å². The summed E-state index contributed by atoms with van der Waals surface area (Å²) in [7, 11) is 0. The monoisotopic (exact) mass is 292 g/mol. The Bertz CT molecular complexity index is 587. The number of aromatic nitrogens is 2. The molecule has 2 rings (SSSR count). The summed E-state index contributed by atoms with van der Waals surface area (Å²) < 4.78 is 1.66. The number of carbonyl (C=O) groups excluding carboxylic acids is 3. The molecule has 1 aromatic heterocycles. The van der Waals surface area contributed by atoms with Crippen LogP contribution in [0.3, 0.4) is 0 Å². The standard InChI is InChI=1S/C14H20N4O3/c1-5-14(6-2)11(19)16-13(21)18(12(14)20)10-7-15-17(8-10)9(3)4/h7-9H,5-6H2,1-4H3,(H,16,19,21). The molecule has 0 atom stereocenters. The number of hydrogen-bond donors (Lipinski definition) is 1. The van der Waals surface area contributed by atoms with E-state index in [0.717, 1.165) is 4.90 Å². The molecule has 0 spiro atoms. The van der Waals surface area contributed by atoms with Crippen LogP contribution in [-0.2, 0) is 9.59 Å². The van der Waals surface area contributed by atoms with E-state index in [-0.39, 0.29) is 6.04 Å². The van der Waals surface area contributed by atoms with Crippen molar-refractivity contribution < 1.29 is 14.4 Å². The lowest BCUT2D eigenvalue weighted by Gasteiger charge is -2.37. The molecule has 1 aliphatic rings. The second-order valence-electron chi connectivity index (χ2n) is 5.46. The highest BCUT2D eigenvalue weighted by atomic mass is 16.2. The first-order valence-corrected chi connectivity index (χ1v) is 7.11. The summed E-state index contributed by atoms with van der Waals surface area (Å²) in [5.74, 6) is -1.00. The Morgan fingerprint density at radius 1 is 1.24 bits per heavy atom. The van der Waals surface area contributed by atoms with Crippen LogP contribution in [0.4, 0.5) is 10.5 Å². The molecule has 0 radical (unpaired) electrons. The van der Waals surface area contributed by atoms with Gasteiger partial charge in [0.1, 0.15) is 5.41 Å². The van der Waals surface area contributed by atoms with Gasteiger partial charge in [-0.2, -0.15) is 5.10 Å². The third kappa shape index (κ3) is 2.22. The molecule has 0 aliphatic carbocycles. The summed E-state index contributed by atoms with van der Waals surface area (Å²) >= 11 is 0. The summed E-state index contributed by atoms with van der Waals surface area (Å²) in [6.45, 7) is 7.43. The maximum atomic E-state index is 12.7. The lowest BCUT2D eigenvalue weighted by molar-refractivity contribution is -0.143. The minimum Gasteiger partial charge on any atom is -0.276 e. The van der Waals surface area contributed by atoms with Crippen molar-refractivity contribution in [3.63, 3.8) is 0 Å². The molecule has 21 heavy (non-hydrogen) atoms. The number of imide groups is 2. The van der Waals surface area contributed by atoms with Gasteiger partial charge in [-0.15, -0.1) is 0 Å². The Morgan fingerprint density at radius 2 is 1.86 bits per heavy atom. The van der Waals surface area contributed by atoms with Crippen LogP contribution in [0.15, 0.2) is 12.4 Å². The van der Waals surface area contributed by atoms with Crippen LogP contribution in [0.2, 0.25) is 0 Å². The SMILES string of the molecule is CCC1(CC)C(=O)NC(=O)N(c2cnn(C(C)C)c2)C1=O. The molecular formula is C14H20N4O3. The Labute approximate surface area is 123 Å². The van der Waals surface area contributed by atoms with Gasteiger partial charge in [-0.25, -0.2) is 9.69 Å². The Balaban J connectivity index is 2.44. The van der Waals surface area contributed by atoms with Crippen LogP contribution in [0.5, 0.6) is 0 Å². The zero-order chi connectivity index (χ0) is 15.8. The van der Waals surface area contributed by atoms with Crippen molar-refractivity contribution in [3.05, 3.63) is 12.4 Å². The average molecular weight is 292 g/mol. The first-order valence-electron chi connectivity index (χ1n) is 7.11. The van der Waals surface area contributed by atoms with Crippen molar-refractivity contribution in [2.75, 3.05) is 4.90 Å². The fourth-order valence-electron chi connectivity index (χ4n) is 2.51. The molecule has 114 valence electrons. The summed E-state index contributed by atoms with van der Waals surface area (Å²) in [4.78, 5) is 37.9. The van der Waals surface area contributed by atoms with Gasteiger partial charge in [0.05, 0.1) is 11.9 Å². The molecule has 1 aliphatic heterocycles. The van der Waals surface area contributed by atoms with Gasteiger partial charge in [0, 0.05) is 12.2 Å². The topological polar surface area (TPSA) is 84.3 Å². The molecule has 7 heteroatoms. The molecular weight excluding hydrogens is 272 g/mol. The molecule has 4 amide bonds. The van der Waals surface area contributed by atoms with Crippen LogP contribution in [-0.4, -0.2) is 27.6 Å². The van der Waals surface area contributed by atoms with E-state index in [1.165, 1.54) is 6.20 Å². The molecule has 0 bridgehead atoms. The lowest BCUT2D eigenvalue weighted by Crippen LogP contribution is -2.63. The Kier molecular flexibility index (Phi) is 3.85. The summed E-state index contributed by atoms with van der Waals surface area (Å²) in [5.41, 5.74) is -0.807. The van der Waals surface area contributed by atoms with Crippen LogP contribution in [0.25, 0.3) is 0 Å². The zero-order valence-corrected chi connectivity index (χ0v) is 12.7. The predicted octanol–water partition coefficient (Wildman–Crippen LogP) is 1.85. The maximum Gasteiger partial charge on any atom is 0.335 e.